The van der Waals surface area contributed by atoms with Gasteiger partial charge in [-0.2, -0.15) is 0 Å². The summed E-state index contributed by atoms with van der Waals surface area (Å²) < 4.78 is 5.27. The SMILES string of the molecule is CCc1cccc(CC)c1NC(=O)COC(=O)[C@H]1CC(=O)N(c2c(C)cccc2C)C1. The molecule has 1 atom stereocenters. The molecule has 1 heterocycles. The lowest BCUT2D eigenvalue weighted by Crippen LogP contribution is -2.29. The first-order valence-corrected chi connectivity index (χ1v) is 10.8. The van der Waals surface area contributed by atoms with Crippen LogP contribution in [0.25, 0.3) is 0 Å². The molecule has 1 aliphatic rings. The van der Waals surface area contributed by atoms with Crippen molar-refractivity contribution < 1.29 is 19.1 Å². The Labute approximate surface area is 183 Å². The summed E-state index contributed by atoms with van der Waals surface area (Å²) in [6.07, 6.45) is 1.68. The van der Waals surface area contributed by atoms with Crippen molar-refractivity contribution >= 4 is 29.2 Å². The minimum absolute atomic E-state index is 0.0902. The van der Waals surface area contributed by atoms with Crippen LogP contribution in [0.2, 0.25) is 0 Å². The summed E-state index contributed by atoms with van der Waals surface area (Å²) in [4.78, 5) is 39.2. The molecule has 6 nitrogen and oxygen atoms in total. The van der Waals surface area contributed by atoms with Gasteiger partial charge in [0.2, 0.25) is 5.91 Å². The number of hydrogen-bond acceptors (Lipinski definition) is 4. The van der Waals surface area contributed by atoms with Crippen molar-refractivity contribution in [1.82, 2.24) is 0 Å². The molecule has 1 N–H and O–H groups in total. The largest absolute Gasteiger partial charge is 0.455 e. The van der Waals surface area contributed by atoms with Crippen molar-refractivity contribution in [3.63, 3.8) is 0 Å². The van der Waals surface area contributed by atoms with Crippen LogP contribution >= 0.6 is 0 Å². The fraction of sp³-hybridized carbons (Fsp3) is 0.400. The zero-order valence-electron chi connectivity index (χ0n) is 18.7. The number of rotatable bonds is 7. The molecule has 0 radical (unpaired) electrons. The van der Waals surface area contributed by atoms with Crippen molar-refractivity contribution in [1.29, 1.82) is 0 Å². The summed E-state index contributed by atoms with van der Waals surface area (Å²) in [6, 6.07) is 11.8. The number of carbonyl (C=O) groups is 3. The maximum absolute atomic E-state index is 12.6. The zero-order chi connectivity index (χ0) is 22.5. The average molecular weight is 423 g/mol. The second-order valence-corrected chi connectivity index (χ2v) is 7.96. The minimum atomic E-state index is -0.576. The Hall–Kier alpha value is -3.15. The molecule has 2 amide bonds. The quantitative estimate of drug-likeness (QED) is 0.685. The van der Waals surface area contributed by atoms with Gasteiger partial charge >= 0.3 is 5.97 Å². The topological polar surface area (TPSA) is 75.7 Å². The normalized spacial score (nSPS) is 15.8. The van der Waals surface area contributed by atoms with E-state index in [4.69, 9.17) is 4.74 Å². The standard InChI is InChI=1S/C25H30N2O4/c1-5-18-11-8-12-19(6-2)23(18)26-21(28)15-31-25(30)20-13-22(29)27(14-20)24-16(3)9-7-10-17(24)4/h7-12,20H,5-6,13-15H2,1-4H3,(H,26,28)/t20-/m0/s1. The third-order valence-electron chi connectivity index (χ3n) is 5.78. The lowest BCUT2D eigenvalue weighted by atomic mass is 10.0. The number of nitrogens with one attached hydrogen (secondary N) is 1. The van der Waals surface area contributed by atoms with E-state index in [1.807, 2.05) is 64.1 Å². The molecule has 164 valence electrons. The highest BCUT2D eigenvalue weighted by Gasteiger charge is 2.37. The molecular weight excluding hydrogens is 392 g/mol. The number of hydrogen-bond donors (Lipinski definition) is 1. The van der Waals surface area contributed by atoms with Crippen LogP contribution in [0.15, 0.2) is 36.4 Å². The van der Waals surface area contributed by atoms with Gasteiger partial charge in [-0.1, -0.05) is 50.2 Å². The molecule has 0 aromatic heterocycles. The van der Waals surface area contributed by atoms with E-state index in [2.05, 4.69) is 5.32 Å². The first-order valence-electron chi connectivity index (χ1n) is 10.8. The first kappa shape index (κ1) is 22.5. The third kappa shape index (κ3) is 4.95. The fourth-order valence-electron chi connectivity index (χ4n) is 4.15. The van der Waals surface area contributed by atoms with Crippen LogP contribution in [0, 0.1) is 19.8 Å². The Kier molecular flexibility index (Phi) is 7.10. The molecule has 0 bridgehead atoms. The predicted molar refractivity (Wildman–Crippen MR) is 121 cm³/mol. The predicted octanol–water partition coefficient (Wildman–Crippen LogP) is 3.96. The van der Waals surface area contributed by atoms with E-state index in [0.29, 0.717) is 0 Å². The smallest absolute Gasteiger partial charge is 0.311 e. The number of esters is 1. The van der Waals surface area contributed by atoms with E-state index in [1.165, 1.54) is 0 Å². The lowest BCUT2D eigenvalue weighted by Gasteiger charge is -2.21. The number of carbonyl (C=O) groups excluding carboxylic acids is 3. The maximum atomic E-state index is 12.6. The number of aryl methyl sites for hydroxylation is 4. The fourth-order valence-corrected chi connectivity index (χ4v) is 4.15. The highest BCUT2D eigenvalue weighted by atomic mass is 16.5. The number of anilines is 2. The second kappa shape index (κ2) is 9.77. The summed E-state index contributed by atoms with van der Waals surface area (Å²) in [5, 5.41) is 2.89. The van der Waals surface area contributed by atoms with Gasteiger partial charge < -0.3 is 15.0 Å². The number of ether oxygens (including phenoxy) is 1. The van der Waals surface area contributed by atoms with Gasteiger partial charge in [0.1, 0.15) is 0 Å². The van der Waals surface area contributed by atoms with Crippen LogP contribution in [0.1, 0.15) is 42.5 Å². The molecule has 2 aromatic carbocycles. The van der Waals surface area contributed by atoms with E-state index >= 15 is 0 Å². The molecule has 31 heavy (non-hydrogen) atoms. The molecule has 1 aliphatic heterocycles. The molecule has 0 unspecified atom stereocenters. The Morgan fingerprint density at radius 2 is 1.61 bits per heavy atom. The Morgan fingerprint density at radius 3 is 2.19 bits per heavy atom. The number of nitrogens with zero attached hydrogens (tertiary/aromatic N) is 1. The van der Waals surface area contributed by atoms with Crippen molar-refractivity contribution in [2.45, 2.75) is 47.0 Å². The highest BCUT2D eigenvalue weighted by Crippen LogP contribution is 2.31. The lowest BCUT2D eigenvalue weighted by molar-refractivity contribution is -0.151. The van der Waals surface area contributed by atoms with Crippen LogP contribution in [-0.4, -0.2) is 30.9 Å². The van der Waals surface area contributed by atoms with Gasteiger partial charge in [0.05, 0.1) is 5.92 Å². The van der Waals surface area contributed by atoms with Crippen molar-refractivity contribution in [2.24, 2.45) is 5.92 Å². The molecule has 0 aliphatic carbocycles. The van der Waals surface area contributed by atoms with E-state index in [1.54, 1.807) is 4.90 Å². The van der Waals surface area contributed by atoms with Gasteiger partial charge in [0, 0.05) is 24.3 Å². The third-order valence-corrected chi connectivity index (χ3v) is 5.78. The summed E-state index contributed by atoms with van der Waals surface area (Å²) >= 11 is 0. The molecule has 2 aromatic rings. The van der Waals surface area contributed by atoms with Gasteiger partial charge in [-0.15, -0.1) is 0 Å². The molecule has 3 rings (SSSR count). The average Bonchev–Trinajstić information content (AvgIpc) is 3.13. The van der Waals surface area contributed by atoms with Crippen LogP contribution in [0.5, 0.6) is 0 Å². The van der Waals surface area contributed by atoms with Gasteiger partial charge in [-0.05, 0) is 48.9 Å². The minimum Gasteiger partial charge on any atom is -0.455 e. The number of benzene rings is 2. The van der Waals surface area contributed by atoms with Crippen LogP contribution < -0.4 is 10.2 Å². The number of amides is 2. The van der Waals surface area contributed by atoms with Crippen molar-refractivity contribution in [3.05, 3.63) is 58.7 Å². The van der Waals surface area contributed by atoms with E-state index in [-0.39, 0.29) is 31.4 Å². The van der Waals surface area contributed by atoms with Crippen LogP contribution in [0.3, 0.4) is 0 Å². The van der Waals surface area contributed by atoms with Gasteiger partial charge in [0.15, 0.2) is 6.61 Å². The summed E-state index contributed by atoms with van der Waals surface area (Å²) in [5.74, 6) is -1.57. The summed E-state index contributed by atoms with van der Waals surface area (Å²) in [5.41, 5.74) is 5.72. The van der Waals surface area contributed by atoms with Crippen molar-refractivity contribution in [3.8, 4) is 0 Å². The zero-order valence-corrected chi connectivity index (χ0v) is 18.7. The van der Waals surface area contributed by atoms with Gasteiger partial charge in [0.25, 0.3) is 5.91 Å². The van der Waals surface area contributed by atoms with E-state index < -0.39 is 11.9 Å². The first-order chi connectivity index (χ1) is 14.8. The summed E-state index contributed by atoms with van der Waals surface area (Å²) in [6.45, 7) is 7.86. The van der Waals surface area contributed by atoms with E-state index in [9.17, 15) is 14.4 Å². The van der Waals surface area contributed by atoms with Crippen LogP contribution in [0.4, 0.5) is 11.4 Å². The Balaban J connectivity index is 1.61. The molecular formula is C25H30N2O4. The maximum Gasteiger partial charge on any atom is 0.311 e. The van der Waals surface area contributed by atoms with Crippen molar-refractivity contribution in [2.75, 3.05) is 23.4 Å². The van der Waals surface area contributed by atoms with E-state index in [0.717, 1.165) is 46.5 Å². The molecule has 1 fully saturated rings. The molecule has 1 saturated heterocycles. The second-order valence-electron chi connectivity index (χ2n) is 7.96. The number of para-hydroxylation sites is 2. The molecule has 6 heteroatoms. The highest BCUT2D eigenvalue weighted by molar-refractivity contribution is 6.01. The summed E-state index contributed by atoms with van der Waals surface area (Å²) in [7, 11) is 0. The Bertz CT molecular complexity index is 957. The molecule has 0 spiro atoms. The monoisotopic (exact) mass is 422 g/mol. The molecule has 0 saturated carbocycles. The van der Waals surface area contributed by atoms with Gasteiger partial charge in [-0.25, -0.2) is 0 Å². The Morgan fingerprint density at radius 1 is 1.03 bits per heavy atom. The van der Waals surface area contributed by atoms with Gasteiger partial charge in [-0.3, -0.25) is 14.4 Å². The van der Waals surface area contributed by atoms with Crippen LogP contribution in [-0.2, 0) is 32.0 Å².